The van der Waals surface area contributed by atoms with Crippen molar-refractivity contribution in [2.75, 3.05) is 7.11 Å². The highest BCUT2D eigenvalue weighted by Crippen LogP contribution is 2.61. The minimum atomic E-state index is -1.28. The zero-order chi connectivity index (χ0) is 22.0. The molecule has 30 heavy (non-hydrogen) atoms. The van der Waals surface area contributed by atoms with Gasteiger partial charge in [0.05, 0.1) is 19.3 Å². The molecule has 0 aromatic heterocycles. The van der Waals surface area contributed by atoms with Crippen molar-refractivity contribution in [1.29, 1.82) is 0 Å². The average molecular weight is 422 g/mol. The summed E-state index contributed by atoms with van der Waals surface area (Å²) in [5.74, 6) is -2.37. The Morgan fingerprint density at radius 2 is 1.97 bits per heavy atom. The average Bonchev–Trinajstić information content (AvgIpc) is 3.04. The van der Waals surface area contributed by atoms with Gasteiger partial charge in [-0.25, -0.2) is 13.6 Å². The zero-order valence-electron chi connectivity index (χ0n) is 18.4. The van der Waals surface area contributed by atoms with Gasteiger partial charge in [0.1, 0.15) is 16.9 Å². The van der Waals surface area contributed by atoms with Crippen molar-refractivity contribution in [3.8, 4) is 5.75 Å². The van der Waals surface area contributed by atoms with Crippen LogP contribution >= 0.6 is 0 Å². The first-order chi connectivity index (χ1) is 13.9. The summed E-state index contributed by atoms with van der Waals surface area (Å²) in [5, 5.41) is 0. The highest BCUT2D eigenvalue weighted by molar-refractivity contribution is 6.44. The number of hydrogen-bond donors (Lipinski definition) is 0. The molecule has 3 saturated carbocycles. The summed E-state index contributed by atoms with van der Waals surface area (Å²) in [6.07, 6.45) is 2.27. The molecule has 164 valence electrons. The van der Waals surface area contributed by atoms with E-state index in [1.165, 1.54) is 7.11 Å². The predicted octanol–water partition coefficient (Wildman–Crippen LogP) is 4.35. The van der Waals surface area contributed by atoms with Crippen LogP contribution < -0.4 is 4.74 Å². The lowest BCUT2D eigenvalue weighted by Crippen LogP contribution is -2.59. The van der Waals surface area contributed by atoms with Gasteiger partial charge >= 0.3 is 13.1 Å². The quantitative estimate of drug-likeness (QED) is 0.534. The monoisotopic (exact) mass is 422 g/mol. The molecule has 8 heteroatoms. The van der Waals surface area contributed by atoms with E-state index in [1.807, 2.05) is 0 Å². The zero-order valence-corrected chi connectivity index (χ0v) is 18.4. The van der Waals surface area contributed by atoms with Crippen LogP contribution in [0.5, 0.6) is 5.75 Å². The molecule has 4 atom stereocenters. The molecule has 1 aromatic carbocycles. The number of esters is 1. The van der Waals surface area contributed by atoms with Gasteiger partial charge in [-0.1, -0.05) is 13.8 Å². The number of benzene rings is 1. The summed E-state index contributed by atoms with van der Waals surface area (Å²) in [5.41, 5.74) is -0.848. The molecule has 0 amide bonds. The highest BCUT2D eigenvalue weighted by atomic mass is 19.2. The van der Waals surface area contributed by atoms with Crippen LogP contribution in [0.4, 0.5) is 8.78 Å². The number of carbonyl (C=O) groups is 1. The first kappa shape index (κ1) is 21.6. The minimum Gasteiger partial charge on any atom is -0.495 e. The van der Waals surface area contributed by atoms with Crippen molar-refractivity contribution in [2.24, 2.45) is 17.3 Å². The number of hydrogen-bond acceptors (Lipinski definition) is 5. The summed E-state index contributed by atoms with van der Waals surface area (Å²) < 4.78 is 51.8. The molecule has 1 heterocycles. The van der Waals surface area contributed by atoms with Gasteiger partial charge < -0.3 is 18.8 Å². The third kappa shape index (κ3) is 3.52. The number of carbonyl (C=O) groups excluding carboxylic acids is 1. The van der Waals surface area contributed by atoms with Crippen LogP contribution in [0.1, 0.15) is 63.4 Å². The standard InChI is InChI=1S/C22H29BF2O5/c1-21(2,3)28-20(26)16-17(25)14(24)7-11(18(16)27-6)10-23-29-15-9-12-8-13(19(15)30-23)22(12,4)5/h7,12-13,15,19H,8-10H2,1-6H3. The Morgan fingerprint density at radius 3 is 2.57 bits per heavy atom. The van der Waals surface area contributed by atoms with Gasteiger partial charge in [-0.15, -0.1) is 0 Å². The van der Waals surface area contributed by atoms with E-state index >= 15 is 0 Å². The van der Waals surface area contributed by atoms with E-state index in [-0.39, 0.29) is 29.7 Å². The molecule has 4 unspecified atom stereocenters. The lowest BCUT2D eigenvalue weighted by atomic mass is 9.47. The fourth-order valence-electron chi connectivity index (χ4n) is 5.24. The number of ether oxygens (including phenoxy) is 2. The van der Waals surface area contributed by atoms with Gasteiger partial charge in [0.25, 0.3) is 0 Å². The van der Waals surface area contributed by atoms with Gasteiger partial charge in [-0.3, -0.25) is 0 Å². The molecule has 1 saturated heterocycles. The van der Waals surface area contributed by atoms with Gasteiger partial charge in [0, 0.05) is 6.32 Å². The Hall–Kier alpha value is -1.67. The normalized spacial score (nSPS) is 29.3. The molecular formula is C22H29BF2O5. The molecule has 0 N–H and O–H groups in total. The Balaban J connectivity index is 1.59. The van der Waals surface area contributed by atoms with Crippen LogP contribution in [0.25, 0.3) is 0 Å². The Morgan fingerprint density at radius 1 is 1.27 bits per heavy atom. The van der Waals surface area contributed by atoms with E-state index in [2.05, 4.69) is 13.8 Å². The third-order valence-electron chi connectivity index (χ3n) is 6.90. The first-order valence-electron chi connectivity index (χ1n) is 10.5. The molecular weight excluding hydrogens is 393 g/mol. The summed E-state index contributed by atoms with van der Waals surface area (Å²) in [6.45, 7) is 9.51. The van der Waals surface area contributed by atoms with E-state index in [4.69, 9.17) is 18.8 Å². The molecule has 1 aliphatic heterocycles. The topological polar surface area (TPSA) is 54.0 Å². The van der Waals surface area contributed by atoms with Crippen LogP contribution in [-0.4, -0.2) is 38.0 Å². The van der Waals surface area contributed by atoms with Crippen LogP contribution in [0.15, 0.2) is 6.07 Å². The summed E-state index contributed by atoms with van der Waals surface area (Å²) in [4.78, 5) is 12.6. The van der Waals surface area contributed by atoms with E-state index in [0.717, 1.165) is 18.9 Å². The van der Waals surface area contributed by atoms with Crippen molar-refractivity contribution >= 4 is 13.1 Å². The number of halogens is 2. The van der Waals surface area contributed by atoms with Gasteiger partial charge in [0.15, 0.2) is 11.6 Å². The summed E-state index contributed by atoms with van der Waals surface area (Å²) in [6, 6.07) is 1.04. The lowest BCUT2D eigenvalue weighted by Gasteiger charge is -2.60. The van der Waals surface area contributed by atoms with E-state index < -0.39 is 35.9 Å². The molecule has 2 bridgehead atoms. The first-order valence-corrected chi connectivity index (χ1v) is 10.5. The summed E-state index contributed by atoms with van der Waals surface area (Å²) >= 11 is 0. The molecule has 1 aromatic rings. The second kappa shape index (κ2) is 7.19. The molecule has 5 rings (SSSR count). The van der Waals surface area contributed by atoms with Crippen LogP contribution in [0.2, 0.25) is 0 Å². The Labute approximate surface area is 176 Å². The highest BCUT2D eigenvalue weighted by Gasteiger charge is 2.61. The second-order valence-electron chi connectivity index (χ2n) is 10.2. The van der Waals surface area contributed by atoms with Crippen molar-refractivity contribution in [1.82, 2.24) is 0 Å². The smallest absolute Gasteiger partial charge is 0.462 e. The maximum Gasteiger partial charge on any atom is 0.462 e. The van der Waals surface area contributed by atoms with E-state index in [1.54, 1.807) is 20.8 Å². The van der Waals surface area contributed by atoms with Crippen molar-refractivity contribution in [3.05, 3.63) is 28.8 Å². The molecule has 0 radical (unpaired) electrons. The molecule has 4 fully saturated rings. The molecule has 4 aliphatic rings. The minimum absolute atomic E-state index is 0.0108. The maximum atomic E-state index is 14.5. The fraction of sp³-hybridized carbons (Fsp3) is 0.682. The van der Waals surface area contributed by atoms with Crippen LogP contribution in [0.3, 0.4) is 0 Å². The SMILES string of the molecule is COc1c(CB2OC3CC4CC(C3O2)C4(C)C)cc(F)c(F)c1C(=O)OC(C)(C)C. The Kier molecular flexibility index (Phi) is 5.17. The second-order valence-corrected chi connectivity index (χ2v) is 10.2. The lowest BCUT2D eigenvalue weighted by molar-refractivity contribution is -0.150. The van der Waals surface area contributed by atoms with Gasteiger partial charge in [-0.2, -0.15) is 0 Å². The van der Waals surface area contributed by atoms with Crippen molar-refractivity contribution < 1.29 is 32.4 Å². The van der Waals surface area contributed by atoms with E-state index in [9.17, 15) is 13.6 Å². The summed E-state index contributed by atoms with van der Waals surface area (Å²) in [7, 11) is 0.720. The van der Waals surface area contributed by atoms with Crippen molar-refractivity contribution in [2.45, 2.75) is 71.6 Å². The maximum absolute atomic E-state index is 14.5. The molecule has 5 nitrogen and oxygen atoms in total. The largest absolute Gasteiger partial charge is 0.495 e. The Bertz CT molecular complexity index is 866. The van der Waals surface area contributed by atoms with Crippen LogP contribution in [-0.2, 0) is 20.4 Å². The fourth-order valence-corrected chi connectivity index (χ4v) is 5.24. The van der Waals surface area contributed by atoms with Gasteiger partial charge in [0.2, 0.25) is 0 Å². The number of rotatable bonds is 4. The van der Waals surface area contributed by atoms with Crippen molar-refractivity contribution in [3.63, 3.8) is 0 Å². The molecule has 0 spiro atoms. The van der Waals surface area contributed by atoms with Gasteiger partial charge in [-0.05, 0) is 62.5 Å². The van der Waals surface area contributed by atoms with E-state index in [0.29, 0.717) is 17.4 Å². The van der Waals surface area contributed by atoms with Crippen LogP contribution in [0, 0.1) is 28.9 Å². The number of methoxy groups -OCH3 is 1. The predicted molar refractivity (Wildman–Crippen MR) is 107 cm³/mol. The third-order valence-corrected chi connectivity index (χ3v) is 6.90. The molecule has 3 aliphatic carbocycles.